The van der Waals surface area contributed by atoms with Crippen LogP contribution in [-0.4, -0.2) is 37.2 Å². The number of hydrogen-bond donors (Lipinski definition) is 2. The van der Waals surface area contributed by atoms with Gasteiger partial charge in [-0.1, -0.05) is 0 Å². The maximum atomic E-state index is 11.7. The summed E-state index contributed by atoms with van der Waals surface area (Å²) in [7, 11) is 0. The van der Waals surface area contributed by atoms with Crippen molar-refractivity contribution in [1.29, 1.82) is 0 Å². The molecule has 1 aliphatic carbocycles. The zero-order valence-corrected chi connectivity index (χ0v) is 9.29. The molecule has 0 spiro atoms. The SMILES string of the molecule is CC(NC1CCOCC1)C(=O)NC1CC1. The fourth-order valence-electron chi connectivity index (χ4n) is 1.85. The summed E-state index contributed by atoms with van der Waals surface area (Å²) in [6.07, 6.45) is 4.33. The lowest BCUT2D eigenvalue weighted by Crippen LogP contribution is -2.48. The van der Waals surface area contributed by atoms with Crippen molar-refractivity contribution >= 4 is 5.91 Å². The lowest BCUT2D eigenvalue weighted by Gasteiger charge is -2.26. The molecule has 1 heterocycles. The van der Waals surface area contributed by atoms with Gasteiger partial charge in [0.25, 0.3) is 0 Å². The molecule has 0 radical (unpaired) electrons. The molecular weight excluding hydrogens is 192 g/mol. The van der Waals surface area contributed by atoms with Crippen molar-refractivity contribution in [2.45, 2.75) is 50.7 Å². The summed E-state index contributed by atoms with van der Waals surface area (Å²) in [5.74, 6) is 0.143. The second kappa shape index (κ2) is 4.94. The number of rotatable bonds is 4. The molecule has 15 heavy (non-hydrogen) atoms. The van der Waals surface area contributed by atoms with Gasteiger partial charge in [0.15, 0.2) is 0 Å². The highest BCUT2D eigenvalue weighted by atomic mass is 16.5. The molecule has 4 heteroatoms. The summed E-state index contributed by atoms with van der Waals surface area (Å²) in [5.41, 5.74) is 0. The summed E-state index contributed by atoms with van der Waals surface area (Å²) in [6.45, 7) is 3.57. The van der Waals surface area contributed by atoms with Crippen LogP contribution in [0.4, 0.5) is 0 Å². The lowest BCUT2D eigenvalue weighted by molar-refractivity contribution is -0.123. The van der Waals surface area contributed by atoms with E-state index in [0.717, 1.165) is 38.9 Å². The molecule has 0 bridgehead atoms. The van der Waals surface area contributed by atoms with Crippen LogP contribution in [0.3, 0.4) is 0 Å². The molecule has 4 nitrogen and oxygen atoms in total. The van der Waals surface area contributed by atoms with E-state index < -0.39 is 0 Å². The van der Waals surface area contributed by atoms with E-state index in [2.05, 4.69) is 10.6 Å². The highest BCUT2D eigenvalue weighted by Gasteiger charge is 2.26. The summed E-state index contributed by atoms with van der Waals surface area (Å²) in [6, 6.07) is 0.823. The third-order valence-corrected chi connectivity index (χ3v) is 3.02. The van der Waals surface area contributed by atoms with Crippen LogP contribution in [-0.2, 0) is 9.53 Å². The first-order chi connectivity index (χ1) is 7.25. The van der Waals surface area contributed by atoms with Crippen molar-refractivity contribution in [3.8, 4) is 0 Å². The number of amides is 1. The Bertz CT molecular complexity index is 223. The Kier molecular flexibility index (Phi) is 3.59. The van der Waals surface area contributed by atoms with E-state index in [1.165, 1.54) is 0 Å². The first-order valence-electron chi connectivity index (χ1n) is 5.90. The summed E-state index contributed by atoms with van der Waals surface area (Å²) in [5, 5.41) is 6.37. The Morgan fingerprint density at radius 1 is 1.20 bits per heavy atom. The minimum absolute atomic E-state index is 0.0753. The zero-order valence-electron chi connectivity index (χ0n) is 9.29. The van der Waals surface area contributed by atoms with Crippen molar-refractivity contribution < 1.29 is 9.53 Å². The third-order valence-electron chi connectivity index (χ3n) is 3.02. The summed E-state index contributed by atoms with van der Waals surface area (Å²) in [4.78, 5) is 11.7. The van der Waals surface area contributed by atoms with Crippen LogP contribution < -0.4 is 10.6 Å². The monoisotopic (exact) mass is 212 g/mol. The van der Waals surface area contributed by atoms with Crippen LogP contribution in [0.5, 0.6) is 0 Å². The molecule has 2 fully saturated rings. The molecular formula is C11H20N2O2. The van der Waals surface area contributed by atoms with Crippen LogP contribution in [0.25, 0.3) is 0 Å². The van der Waals surface area contributed by atoms with Gasteiger partial charge in [-0.25, -0.2) is 0 Å². The standard InChI is InChI=1S/C11H20N2O2/c1-8(11(14)13-9-2-3-9)12-10-4-6-15-7-5-10/h8-10,12H,2-7H2,1H3,(H,13,14). The van der Waals surface area contributed by atoms with Crippen molar-refractivity contribution in [3.63, 3.8) is 0 Å². The summed E-state index contributed by atoms with van der Waals surface area (Å²) < 4.78 is 5.28. The molecule has 2 N–H and O–H groups in total. The maximum absolute atomic E-state index is 11.7. The van der Waals surface area contributed by atoms with Crippen molar-refractivity contribution in [1.82, 2.24) is 10.6 Å². The predicted molar refractivity (Wildman–Crippen MR) is 57.6 cm³/mol. The largest absolute Gasteiger partial charge is 0.381 e. The molecule has 86 valence electrons. The first-order valence-corrected chi connectivity index (χ1v) is 5.90. The van der Waals surface area contributed by atoms with Gasteiger partial charge in [-0.2, -0.15) is 0 Å². The van der Waals surface area contributed by atoms with Crippen molar-refractivity contribution in [2.75, 3.05) is 13.2 Å². The average Bonchev–Trinajstić information content (AvgIpc) is 3.03. The number of carbonyl (C=O) groups excluding carboxylic acids is 1. The highest BCUT2D eigenvalue weighted by Crippen LogP contribution is 2.18. The quantitative estimate of drug-likeness (QED) is 0.710. The topological polar surface area (TPSA) is 50.4 Å². The Morgan fingerprint density at radius 3 is 2.47 bits per heavy atom. The highest BCUT2D eigenvalue weighted by molar-refractivity contribution is 5.81. The minimum Gasteiger partial charge on any atom is -0.381 e. The maximum Gasteiger partial charge on any atom is 0.237 e. The van der Waals surface area contributed by atoms with Gasteiger partial charge in [0.1, 0.15) is 0 Å². The molecule has 2 rings (SSSR count). The molecule has 1 saturated heterocycles. The Balaban J connectivity index is 1.69. The Morgan fingerprint density at radius 2 is 1.87 bits per heavy atom. The fourth-order valence-corrected chi connectivity index (χ4v) is 1.85. The molecule has 2 aliphatic rings. The summed E-state index contributed by atoms with van der Waals surface area (Å²) >= 11 is 0. The minimum atomic E-state index is -0.0753. The smallest absolute Gasteiger partial charge is 0.237 e. The van der Waals surface area contributed by atoms with Gasteiger partial charge in [0, 0.05) is 25.3 Å². The third kappa shape index (κ3) is 3.47. The molecule has 0 aromatic heterocycles. The molecule has 1 amide bonds. The van der Waals surface area contributed by atoms with Gasteiger partial charge >= 0.3 is 0 Å². The van der Waals surface area contributed by atoms with Crippen LogP contribution in [0.2, 0.25) is 0 Å². The lowest BCUT2D eigenvalue weighted by atomic mass is 10.1. The molecule has 0 aromatic rings. The second-order valence-corrected chi connectivity index (χ2v) is 4.56. The van der Waals surface area contributed by atoms with Gasteiger partial charge in [0.2, 0.25) is 5.91 Å². The van der Waals surface area contributed by atoms with Crippen LogP contribution in [0.15, 0.2) is 0 Å². The second-order valence-electron chi connectivity index (χ2n) is 4.56. The fraction of sp³-hybridized carbons (Fsp3) is 0.909. The number of nitrogens with one attached hydrogen (secondary N) is 2. The van der Waals surface area contributed by atoms with Gasteiger partial charge in [-0.3, -0.25) is 4.79 Å². The van der Waals surface area contributed by atoms with Gasteiger partial charge in [-0.15, -0.1) is 0 Å². The number of ether oxygens (including phenoxy) is 1. The molecule has 0 aromatic carbocycles. The normalized spacial score (nSPS) is 24.9. The van der Waals surface area contributed by atoms with Gasteiger partial charge < -0.3 is 15.4 Å². The number of hydrogen-bond acceptors (Lipinski definition) is 3. The van der Waals surface area contributed by atoms with Crippen LogP contribution >= 0.6 is 0 Å². The Labute approximate surface area is 90.8 Å². The van der Waals surface area contributed by atoms with E-state index in [1.807, 2.05) is 6.92 Å². The Hall–Kier alpha value is -0.610. The van der Waals surface area contributed by atoms with E-state index in [-0.39, 0.29) is 11.9 Å². The van der Waals surface area contributed by atoms with Gasteiger partial charge in [-0.05, 0) is 32.6 Å². The number of carbonyl (C=O) groups is 1. The van der Waals surface area contributed by atoms with Crippen molar-refractivity contribution in [2.24, 2.45) is 0 Å². The van der Waals surface area contributed by atoms with E-state index in [4.69, 9.17) is 4.74 Å². The molecule has 1 unspecified atom stereocenters. The molecule has 1 saturated carbocycles. The van der Waals surface area contributed by atoms with E-state index in [9.17, 15) is 4.79 Å². The van der Waals surface area contributed by atoms with Gasteiger partial charge in [0.05, 0.1) is 6.04 Å². The molecule has 1 aliphatic heterocycles. The average molecular weight is 212 g/mol. The predicted octanol–water partition coefficient (Wildman–Crippen LogP) is 0.422. The van der Waals surface area contributed by atoms with Crippen LogP contribution in [0, 0.1) is 0 Å². The van der Waals surface area contributed by atoms with Crippen molar-refractivity contribution in [3.05, 3.63) is 0 Å². The van der Waals surface area contributed by atoms with Crippen LogP contribution in [0.1, 0.15) is 32.6 Å². The zero-order chi connectivity index (χ0) is 10.7. The first kappa shape index (κ1) is 10.9. The molecule has 1 atom stereocenters. The van der Waals surface area contributed by atoms with E-state index in [0.29, 0.717) is 12.1 Å². The van der Waals surface area contributed by atoms with E-state index in [1.54, 1.807) is 0 Å². The van der Waals surface area contributed by atoms with E-state index >= 15 is 0 Å².